The predicted molar refractivity (Wildman–Crippen MR) is 114 cm³/mol. The van der Waals surface area contributed by atoms with E-state index in [1.54, 1.807) is 26.2 Å². The van der Waals surface area contributed by atoms with Crippen LogP contribution < -0.4 is 4.90 Å². The van der Waals surface area contributed by atoms with Gasteiger partial charge < -0.3 is 14.9 Å². The molecule has 0 aliphatic carbocycles. The van der Waals surface area contributed by atoms with Crippen LogP contribution in [0.15, 0.2) is 36.8 Å². The Bertz CT molecular complexity index is 768. The van der Waals surface area contributed by atoms with E-state index in [-0.39, 0.29) is 11.9 Å². The molecule has 1 saturated heterocycles. The van der Waals surface area contributed by atoms with Crippen LogP contribution in [0.2, 0.25) is 0 Å². The Morgan fingerprint density at radius 2 is 2.17 bits per heavy atom. The van der Waals surface area contributed by atoms with Crippen molar-refractivity contribution in [3.05, 3.63) is 42.4 Å². The highest BCUT2D eigenvalue weighted by Crippen LogP contribution is 2.23. The van der Waals surface area contributed by atoms with E-state index in [9.17, 15) is 9.90 Å². The molecule has 3 heterocycles. The summed E-state index contributed by atoms with van der Waals surface area (Å²) in [6, 6.07) is 5.93. The lowest BCUT2D eigenvalue weighted by molar-refractivity contribution is 0.0593. The van der Waals surface area contributed by atoms with Gasteiger partial charge in [0.25, 0.3) is 5.91 Å². The minimum absolute atomic E-state index is 0.0633. The zero-order valence-corrected chi connectivity index (χ0v) is 17.8. The molecule has 1 aliphatic rings. The second-order valence-electron chi connectivity index (χ2n) is 8.60. The van der Waals surface area contributed by atoms with Crippen LogP contribution in [-0.4, -0.2) is 62.5 Å². The van der Waals surface area contributed by atoms with Gasteiger partial charge in [-0.2, -0.15) is 5.10 Å². The average molecular weight is 400 g/mol. The summed E-state index contributed by atoms with van der Waals surface area (Å²) in [5.41, 5.74) is -0.0699. The van der Waals surface area contributed by atoms with Crippen molar-refractivity contribution in [3.8, 4) is 0 Å². The molecular formula is C22H33N5O2. The molecule has 0 bridgehead atoms. The topological polar surface area (TPSA) is 74.5 Å². The lowest BCUT2D eigenvalue weighted by atomic mass is 9.98. The molecule has 0 spiro atoms. The van der Waals surface area contributed by atoms with Crippen molar-refractivity contribution in [1.82, 2.24) is 19.7 Å². The van der Waals surface area contributed by atoms with Crippen molar-refractivity contribution in [2.24, 2.45) is 0 Å². The van der Waals surface area contributed by atoms with Crippen LogP contribution in [0.1, 0.15) is 56.3 Å². The number of nitrogens with zero attached hydrogens (tertiary/aromatic N) is 5. The number of anilines is 1. The smallest absolute Gasteiger partial charge is 0.255 e. The molecule has 2 aromatic heterocycles. The van der Waals surface area contributed by atoms with E-state index in [4.69, 9.17) is 0 Å². The Hall–Kier alpha value is -2.41. The highest BCUT2D eigenvalue weighted by atomic mass is 16.3. The van der Waals surface area contributed by atoms with Crippen LogP contribution in [-0.2, 0) is 6.54 Å². The highest BCUT2D eigenvalue weighted by molar-refractivity contribution is 5.94. The van der Waals surface area contributed by atoms with Gasteiger partial charge in [0.2, 0.25) is 0 Å². The van der Waals surface area contributed by atoms with E-state index < -0.39 is 5.60 Å². The maximum absolute atomic E-state index is 13.1. The van der Waals surface area contributed by atoms with Crippen molar-refractivity contribution in [3.63, 3.8) is 0 Å². The third kappa shape index (κ3) is 6.03. The maximum atomic E-state index is 13.1. The number of aryl methyl sites for hydroxylation is 1. The van der Waals surface area contributed by atoms with Crippen molar-refractivity contribution >= 4 is 11.7 Å². The molecule has 7 heteroatoms. The summed E-state index contributed by atoms with van der Waals surface area (Å²) < 4.78 is 1.93. The van der Waals surface area contributed by atoms with Crippen molar-refractivity contribution in [1.29, 1.82) is 0 Å². The first kappa shape index (κ1) is 21.3. The number of hydrogen-bond donors (Lipinski definition) is 1. The Labute approximate surface area is 173 Å². The molecule has 0 radical (unpaired) electrons. The first-order chi connectivity index (χ1) is 13.8. The summed E-state index contributed by atoms with van der Waals surface area (Å²) in [6.45, 7) is 5.93. The van der Waals surface area contributed by atoms with Gasteiger partial charge in [-0.1, -0.05) is 0 Å². The van der Waals surface area contributed by atoms with Crippen LogP contribution in [0.5, 0.6) is 0 Å². The Kier molecular flexibility index (Phi) is 6.90. The van der Waals surface area contributed by atoms with Crippen LogP contribution in [0.4, 0.5) is 5.82 Å². The number of pyridine rings is 1. The van der Waals surface area contributed by atoms with E-state index in [0.29, 0.717) is 18.5 Å². The van der Waals surface area contributed by atoms with Crippen LogP contribution in [0, 0.1) is 0 Å². The standard InChI is InChI=1S/C22H33N5O2/c1-22(2,29)11-16-25(3)20-9-8-18(17-23-20)21(28)27-14-5-4-7-19(27)10-15-26-13-6-12-24-26/h6,8-9,12-13,17,19,29H,4-5,7,10-11,14-16H2,1-3H3/t19-/m0/s1. The lowest BCUT2D eigenvalue weighted by Crippen LogP contribution is -2.44. The van der Waals surface area contributed by atoms with Crippen LogP contribution in [0.3, 0.4) is 0 Å². The third-order valence-corrected chi connectivity index (χ3v) is 5.58. The molecule has 0 aromatic carbocycles. The van der Waals surface area contributed by atoms with E-state index in [2.05, 4.69) is 10.1 Å². The number of amides is 1. The summed E-state index contributed by atoms with van der Waals surface area (Å²) >= 11 is 0. The first-order valence-electron chi connectivity index (χ1n) is 10.5. The number of hydrogen-bond acceptors (Lipinski definition) is 5. The Morgan fingerprint density at radius 3 is 2.83 bits per heavy atom. The molecular weight excluding hydrogens is 366 g/mol. The second-order valence-corrected chi connectivity index (χ2v) is 8.60. The van der Waals surface area contributed by atoms with Gasteiger partial charge in [-0.3, -0.25) is 9.48 Å². The van der Waals surface area contributed by atoms with Gasteiger partial charge in [0, 0.05) is 51.3 Å². The van der Waals surface area contributed by atoms with Gasteiger partial charge >= 0.3 is 0 Å². The molecule has 29 heavy (non-hydrogen) atoms. The van der Waals surface area contributed by atoms with Gasteiger partial charge in [-0.15, -0.1) is 0 Å². The largest absolute Gasteiger partial charge is 0.390 e. The quantitative estimate of drug-likeness (QED) is 0.739. The summed E-state index contributed by atoms with van der Waals surface area (Å²) in [6.07, 6.45) is 10.2. The Morgan fingerprint density at radius 1 is 1.34 bits per heavy atom. The zero-order chi connectivity index (χ0) is 20.9. The van der Waals surface area contributed by atoms with E-state index in [1.807, 2.05) is 45.9 Å². The molecule has 2 aromatic rings. The number of piperidine rings is 1. The maximum Gasteiger partial charge on any atom is 0.255 e. The summed E-state index contributed by atoms with van der Waals surface area (Å²) in [7, 11) is 1.95. The SMILES string of the molecule is CN(CCC(C)(C)O)c1ccc(C(=O)N2CCCC[C@H]2CCn2cccn2)cn1. The number of carbonyl (C=O) groups is 1. The van der Waals surface area contributed by atoms with Crippen molar-refractivity contribution < 1.29 is 9.90 Å². The fraction of sp³-hybridized carbons (Fsp3) is 0.591. The summed E-state index contributed by atoms with van der Waals surface area (Å²) in [4.78, 5) is 21.6. The zero-order valence-electron chi connectivity index (χ0n) is 17.8. The number of aromatic nitrogens is 3. The number of aliphatic hydroxyl groups is 1. The van der Waals surface area contributed by atoms with Gasteiger partial charge in [0.05, 0.1) is 11.2 Å². The average Bonchev–Trinajstić information content (AvgIpc) is 3.23. The van der Waals surface area contributed by atoms with Crippen molar-refractivity contribution in [2.75, 3.05) is 25.0 Å². The molecule has 0 saturated carbocycles. The molecule has 158 valence electrons. The molecule has 1 amide bonds. The Balaban J connectivity index is 1.61. The third-order valence-electron chi connectivity index (χ3n) is 5.58. The minimum atomic E-state index is -0.705. The minimum Gasteiger partial charge on any atom is -0.390 e. The highest BCUT2D eigenvalue weighted by Gasteiger charge is 2.27. The summed E-state index contributed by atoms with van der Waals surface area (Å²) in [5.74, 6) is 0.869. The fourth-order valence-corrected chi connectivity index (χ4v) is 3.74. The molecule has 7 nitrogen and oxygen atoms in total. The van der Waals surface area contributed by atoms with Gasteiger partial charge in [0.1, 0.15) is 5.82 Å². The molecule has 1 atom stereocenters. The predicted octanol–water partition coefficient (Wildman–Crippen LogP) is 2.96. The van der Waals surface area contributed by atoms with E-state index in [0.717, 1.165) is 44.6 Å². The first-order valence-corrected chi connectivity index (χ1v) is 10.5. The van der Waals surface area contributed by atoms with E-state index >= 15 is 0 Å². The van der Waals surface area contributed by atoms with Crippen LogP contribution in [0.25, 0.3) is 0 Å². The molecule has 1 N–H and O–H groups in total. The van der Waals surface area contributed by atoms with Crippen molar-refractivity contribution in [2.45, 2.75) is 64.1 Å². The van der Waals surface area contributed by atoms with E-state index in [1.165, 1.54) is 0 Å². The van der Waals surface area contributed by atoms with Crippen LogP contribution >= 0.6 is 0 Å². The second kappa shape index (κ2) is 9.39. The number of rotatable bonds is 8. The number of likely N-dealkylation sites (tertiary alicyclic amines) is 1. The number of carbonyl (C=O) groups excluding carboxylic acids is 1. The lowest BCUT2D eigenvalue weighted by Gasteiger charge is -2.36. The fourth-order valence-electron chi connectivity index (χ4n) is 3.74. The molecule has 3 rings (SSSR count). The van der Waals surface area contributed by atoms with Gasteiger partial charge in [-0.25, -0.2) is 4.98 Å². The monoisotopic (exact) mass is 399 g/mol. The summed E-state index contributed by atoms with van der Waals surface area (Å²) in [5, 5.41) is 14.2. The normalized spacial score (nSPS) is 17.4. The van der Waals surface area contributed by atoms with Gasteiger partial charge in [0.15, 0.2) is 0 Å². The molecule has 0 unspecified atom stereocenters. The molecule has 1 aliphatic heterocycles. The van der Waals surface area contributed by atoms with Gasteiger partial charge in [-0.05, 0) is 64.2 Å². The molecule has 1 fully saturated rings.